The number of hydrogen-bond donors (Lipinski definition) is 2. The maximum absolute atomic E-state index is 12.6. The number of carbonyl (C=O) groups is 2. The largest absolute Gasteiger partial charge is 0.416 e. The quantitative estimate of drug-likeness (QED) is 0.811. The molecule has 0 aliphatic carbocycles. The van der Waals surface area contributed by atoms with E-state index >= 15 is 0 Å². The summed E-state index contributed by atoms with van der Waals surface area (Å²) >= 11 is 0. The molecule has 4 nitrogen and oxygen atoms in total. The van der Waals surface area contributed by atoms with Crippen LogP contribution in [0.4, 0.5) is 18.9 Å². The Labute approximate surface area is 133 Å². The highest BCUT2D eigenvalue weighted by atomic mass is 19.4. The van der Waals surface area contributed by atoms with Crippen LogP contribution >= 0.6 is 0 Å². The first-order valence-electron chi connectivity index (χ1n) is 7.25. The van der Waals surface area contributed by atoms with Crippen molar-refractivity contribution in [2.24, 2.45) is 5.41 Å². The van der Waals surface area contributed by atoms with Crippen LogP contribution in [-0.2, 0) is 15.8 Å². The van der Waals surface area contributed by atoms with E-state index in [0.29, 0.717) is 13.0 Å². The average Bonchev–Trinajstić information content (AvgIpc) is 2.41. The smallest absolute Gasteiger partial charge is 0.356 e. The molecule has 0 saturated carbocycles. The van der Waals surface area contributed by atoms with Crippen molar-refractivity contribution in [3.8, 4) is 0 Å². The first-order valence-corrected chi connectivity index (χ1v) is 7.25. The van der Waals surface area contributed by atoms with Gasteiger partial charge in [-0.15, -0.1) is 0 Å². The molecule has 0 radical (unpaired) electrons. The monoisotopic (exact) mass is 330 g/mol. The number of anilines is 1. The van der Waals surface area contributed by atoms with E-state index in [1.165, 1.54) is 12.1 Å². The van der Waals surface area contributed by atoms with Gasteiger partial charge in [-0.1, -0.05) is 26.8 Å². The first kappa shape index (κ1) is 19.0. The van der Waals surface area contributed by atoms with Crippen molar-refractivity contribution >= 4 is 17.5 Å². The zero-order valence-electron chi connectivity index (χ0n) is 13.4. The Morgan fingerprint density at radius 2 is 1.78 bits per heavy atom. The van der Waals surface area contributed by atoms with Gasteiger partial charge in [0.1, 0.15) is 0 Å². The molecule has 1 aromatic rings. The average molecular weight is 330 g/mol. The minimum absolute atomic E-state index is 0.101. The maximum atomic E-state index is 12.6. The molecule has 0 fully saturated rings. The molecule has 0 bridgehead atoms. The van der Waals surface area contributed by atoms with Gasteiger partial charge in [-0.25, -0.2) is 0 Å². The highest BCUT2D eigenvalue weighted by molar-refractivity contribution is 5.90. The third-order valence-corrected chi connectivity index (χ3v) is 3.02. The van der Waals surface area contributed by atoms with Crippen molar-refractivity contribution in [1.82, 2.24) is 5.32 Å². The van der Waals surface area contributed by atoms with Gasteiger partial charge in [0.25, 0.3) is 0 Å². The van der Waals surface area contributed by atoms with E-state index in [1.54, 1.807) is 20.8 Å². The van der Waals surface area contributed by atoms with Gasteiger partial charge in [0.2, 0.25) is 11.8 Å². The van der Waals surface area contributed by atoms with Gasteiger partial charge in [0, 0.05) is 24.1 Å². The second-order valence-electron chi connectivity index (χ2n) is 6.24. The fourth-order valence-electron chi connectivity index (χ4n) is 1.71. The molecule has 0 saturated heterocycles. The molecular weight excluding hydrogens is 309 g/mol. The number of nitrogens with one attached hydrogen (secondary N) is 2. The molecule has 0 spiro atoms. The third-order valence-electron chi connectivity index (χ3n) is 3.02. The Morgan fingerprint density at radius 3 is 2.35 bits per heavy atom. The van der Waals surface area contributed by atoms with Crippen LogP contribution in [0, 0.1) is 5.41 Å². The van der Waals surface area contributed by atoms with Crippen LogP contribution in [0.15, 0.2) is 24.3 Å². The summed E-state index contributed by atoms with van der Waals surface area (Å²) in [4.78, 5) is 23.3. The predicted molar refractivity (Wildman–Crippen MR) is 81.8 cm³/mol. The van der Waals surface area contributed by atoms with Gasteiger partial charge in [-0.05, 0) is 24.6 Å². The van der Waals surface area contributed by atoms with E-state index in [4.69, 9.17) is 0 Å². The van der Waals surface area contributed by atoms with E-state index in [1.807, 2.05) is 0 Å². The minimum Gasteiger partial charge on any atom is -0.356 e. The summed E-state index contributed by atoms with van der Waals surface area (Å²) in [5.74, 6) is -0.509. The van der Waals surface area contributed by atoms with E-state index in [0.717, 1.165) is 12.1 Å². The molecule has 1 aromatic carbocycles. The second-order valence-corrected chi connectivity index (χ2v) is 6.24. The Hall–Kier alpha value is -2.05. The molecule has 1 rings (SSSR count). The fraction of sp³-hybridized carbons (Fsp3) is 0.500. The number of carbonyl (C=O) groups excluding carboxylic acids is 2. The third kappa shape index (κ3) is 6.71. The van der Waals surface area contributed by atoms with Gasteiger partial charge >= 0.3 is 6.18 Å². The van der Waals surface area contributed by atoms with E-state index < -0.39 is 23.1 Å². The summed E-state index contributed by atoms with van der Waals surface area (Å²) in [5, 5.41) is 5.12. The molecule has 128 valence electrons. The summed E-state index contributed by atoms with van der Waals surface area (Å²) in [6.07, 6.45) is -3.93. The van der Waals surface area contributed by atoms with Crippen molar-refractivity contribution in [2.75, 3.05) is 11.9 Å². The van der Waals surface area contributed by atoms with Crippen molar-refractivity contribution in [3.63, 3.8) is 0 Å². The zero-order chi connectivity index (χ0) is 17.7. The van der Waals surface area contributed by atoms with Gasteiger partial charge in [-0.2, -0.15) is 13.2 Å². The SMILES string of the molecule is CC(C)(C)C(=O)NCCCC(=O)Nc1cccc(C(F)(F)F)c1. The maximum Gasteiger partial charge on any atom is 0.416 e. The highest BCUT2D eigenvalue weighted by Crippen LogP contribution is 2.30. The molecular formula is C16H21F3N2O2. The molecule has 2 amide bonds. The van der Waals surface area contributed by atoms with Crippen LogP contribution in [0.5, 0.6) is 0 Å². The molecule has 0 unspecified atom stereocenters. The van der Waals surface area contributed by atoms with Crippen molar-refractivity contribution in [1.29, 1.82) is 0 Å². The first-order chi connectivity index (χ1) is 10.5. The zero-order valence-corrected chi connectivity index (χ0v) is 13.4. The van der Waals surface area contributed by atoms with Crippen LogP contribution < -0.4 is 10.6 Å². The van der Waals surface area contributed by atoms with Crippen molar-refractivity contribution in [2.45, 2.75) is 39.8 Å². The lowest BCUT2D eigenvalue weighted by Crippen LogP contribution is -2.35. The second kappa shape index (κ2) is 7.48. The Morgan fingerprint density at radius 1 is 1.13 bits per heavy atom. The molecule has 0 heterocycles. The van der Waals surface area contributed by atoms with E-state index in [2.05, 4.69) is 10.6 Å². The molecule has 0 aromatic heterocycles. The van der Waals surface area contributed by atoms with Gasteiger partial charge in [0.05, 0.1) is 5.56 Å². The normalized spacial score (nSPS) is 11.9. The topological polar surface area (TPSA) is 58.2 Å². The van der Waals surface area contributed by atoms with E-state index in [9.17, 15) is 22.8 Å². The number of hydrogen-bond acceptors (Lipinski definition) is 2. The Bertz CT molecular complexity index is 563. The van der Waals surface area contributed by atoms with Crippen LogP contribution in [-0.4, -0.2) is 18.4 Å². The standard InChI is InChI=1S/C16H21F3N2O2/c1-15(2,3)14(23)20-9-5-8-13(22)21-12-7-4-6-11(10-12)16(17,18)19/h4,6-7,10H,5,8-9H2,1-3H3,(H,20,23)(H,21,22). The Kier molecular flexibility index (Phi) is 6.18. The van der Waals surface area contributed by atoms with Crippen LogP contribution in [0.1, 0.15) is 39.2 Å². The Balaban J connectivity index is 2.42. The molecule has 23 heavy (non-hydrogen) atoms. The number of halogens is 3. The summed E-state index contributed by atoms with van der Waals surface area (Å²) in [6.45, 7) is 5.68. The molecule has 0 aliphatic rings. The van der Waals surface area contributed by atoms with Gasteiger partial charge < -0.3 is 10.6 Å². The van der Waals surface area contributed by atoms with Crippen molar-refractivity contribution in [3.05, 3.63) is 29.8 Å². The van der Waals surface area contributed by atoms with E-state index in [-0.39, 0.29) is 18.0 Å². The number of alkyl halides is 3. The fourth-order valence-corrected chi connectivity index (χ4v) is 1.71. The van der Waals surface area contributed by atoms with Gasteiger partial charge in [0.15, 0.2) is 0 Å². The molecule has 2 N–H and O–H groups in total. The lowest BCUT2D eigenvalue weighted by Gasteiger charge is -2.17. The van der Waals surface area contributed by atoms with Crippen LogP contribution in [0.3, 0.4) is 0 Å². The lowest BCUT2D eigenvalue weighted by molar-refractivity contribution is -0.137. The predicted octanol–water partition coefficient (Wildman–Crippen LogP) is 3.59. The molecule has 0 aliphatic heterocycles. The summed E-state index contributed by atoms with van der Waals surface area (Å²) in [6, 6.07) is 4.47. The molecule has 7 heteroatoms. The summed E-state index contributed by atoms with van der Waals surface area (Å²) in [7, 11) is 0. The highest BCUT2D eigenvalue weighted by Gasteiger charge is 2.30. The minimum atomic E-state index is -4.45. The summed E-state index contributed by atoms with van der Waals surface area (Å²) < 4.78 is 37.7. The number of benzene rings is 1. The molecule has 0 atom stereocenters. The summed E-state index contributed by atoms with van der Waals surface area (Å²) in [5.41, 5.74) is -1.21. The number of amides is 2. The van der Waals surface area contributed by atoms with Crippen LogP contribution in [0.25, 0.3) is 0 Å². The lowest BCUT2D eigenvalue weighted by atomic mass is 9.96. The van der Waals surface area contributed by atoms with Crippen LogP contribution in [0.2, 0.25) is 0 Å². The van der Waals surface area contributed by atoms with Gasteiger partial charge in [-0.3, -0.25) is 9.59 Å². The van der Waals surface area contributed by atoms with Crippen molar-refractivity contribution < 1.29 is 22.8 Å². The number of rotatable bonds is 5.